The molecule has 1 N–H and O–H groups in total. The van der Waals surface area contributed by atoms with Gasteiger partial charge in [0, 0.05) is 12.1 Å². The van der Waals surface area contributed by atoms with Crippen LogP contribution in [0, 0.1) is 0 Å². The lowest BCUT2D eigenvalue weighted by Crippen LogP contribution is -2.30. The molecule has 1 amide bonds. The third-order valence-corrected chi connectivity index (χ3v) is 5.02. The molecule has 0 bridgehead atoms. The fourth-order valence-electron chi connectivity index (χ4n) is 2.58. The first-order valence-corrected chi connectivity index (χ1v) is 9.54. The maximum Gasteiger partial charge on any atom is 0.233 e. The molecular formula is C19H22N4O3S. The molecule has 1 aromatic carbocycles. The number of nitrogens with one attached hydrogen (secondary N) is 1. The molecule has 27 heavy (non-hydrogen) atoms. The van der Waals surface area contributed by atoms with E-state index in [9.17, 15) is 4.79 Å². The molecule has 0 radical (unpaired) electrons. The molecule has 0 fully saturated rings. The van der Waals surface area contributed by atoms with Crippen molar-refractivity contribution < 1.29 is 13.9 Å². The van der Waals surface area contributed by atoms with Crippen LogP contribution in [0.15, 0.2) is 52.2 Å². The molecule has 2 heterocycles. The molecular weight excluding hydrogens is 364 g/mol. The van der Waals surface area contributed by atoms with Crippen molar-refractivity contribution in [3.05, 3.63) is 48.4 Å². The number of furan rings is 1. The van der Waals surface area contributed by atoms with Crippen LogP contribution in [0.3, 0.4) is 0 Å². The van der Waals surface area contributed by atoms with Crippen molar-refractivity contribution >= 4 is 17.7 Å². The first-order valence-electron chi connectivity index (χ1n) is 8.66. The van der Waals surface area contributed by atoms with E-state index >= 15 is 0 Å². The molecule has 1 atom stereocenters. The van der Waals surface area contributed by atoms with Crippen LogP contribution < -0.4 is 10.1 Å². The molecule has 1 unspecified atom stereocenters. The number of hydrogen-bond donors (Lipinski definition) is 1. The normalized spacial score (nSPS) is 12.0. The molecule has 0 aliphatic rings. The van der Waals surface area contributed by atoms with Crippen LogP contribution >= 0.6 is 11.8 Å². The van der Waals surface area contributed by atoms with E-state index in [1.54, 1.807) is 13.4 Å². The summed E-state index contributed by atoms with van der Waals surface area (Å²) in [6, 6.07) is 11.4. The van der Waals surface area contributed by atoms with Crippen LogP contribution in [0.5, 0.6) is 5.75 Å². The minimum atomic E-state index is -0.289. The summed E-state index contributed by atoms with van der Waals surface area (Å²) in [5, 5.41) is 11.9. The highest BCUT2D eigenvalue weighted by Crippen LogP contribution is 2.29. The number of methoxy groups -OCH3 is 1. The molecule has 0 saturated heterocycles. The highest BCUT2D eigenvalue weighted by molar-refractivity contribution is 8.00. The van der Waals surface area contributed by atoms with Gasteiger partial charge in [0.1, 0.15) is 11.5 Å². The Morgan fingerprint density at radius 1 is 1.33 bits per heavy atom. The maximum absolute atomic E-state index is 12.1. The molecule has 3 rings (SSSR count). The smallest absolute Gasteiger partial charge is 0.233 e. The molecule has 0 aliphatic carbocycles. The van der Waals surface area contributed by atoms with E-state index in [0.717, 1.165) is 17.1 Å². The predicted octanol–water partition coefficient (Wildman–Crippen LogP) is 3.21. The molecule has 0 aliphatic heterocycles. The van der Waals surface area contributed by atoms with E-state index in [2.05, 4.69) is 15.5 Å². The van der Waals surface area contributed by atoms with E-state index in [4.69, 9.17) is 9.15 Å². The SMILES string of the molecule is CCNC(=O)C(C)Sc1nnc(-c2cccc(OC)c2)n1Cc1ccco1. The van der Waals surface area contributed by atoms with E-state index in [1.165, 1.54) is 11.8 Å². The summed E-state index contributed by atoms with van der Waals surface area (Å²) in [5.41, 5.74) is 0.880. The third kappa shape index (κ3) is 4.51. The van der Waals surface area contributed by atoms with Crippen molar-refractivity contribution in [3.63, 3.8) is 0 Å². The summed E-state index contributed by atoms with van der Waals surface area (Å²) in [7, 11) is 1.63. The molecule has 2 aromatic heterocycles. The van der Waals surface area contributed by atoms with E-state index in [0.29, 0.717) is 24.1 Å². The van der Waals surface area contributed by atoms with Crippen LogP contribution in [0.1, 0.15) is 19.6 Å². The summed E-state index contributed by atoms with van der Waals surface area (Å²) in [4.78, 5) is 12.1. The number of thioether (sulfide) groups is 1. The van der Waals surface area contributed by atoms with E-state index < -0.39 is 0 Å². The van der Waals surface area contributed by atoms with Crippen molar-refractivity contribution in [1.82, 2.24) is 20.1 Å². The van der Waals surface area contributed by atoms with Gasteiger partial charge >= 0.3 is 0 Å². The number of benzene rings is 1. The number of nitrogens with zero attached hydrogens (tertiary/aromatic N) is 3. The number of hydrogen-bond acceptors (Lipinski definition) is 6. The minimum Gasteiger partial charge on any atom is -0.497 e. The average Bonchev–Trinajstić information content (AvgIpc) is 3.33. The van der Waals surface area contributed by atoms with Crippen LogP contribution in [0.2, 0.25) is 0 Å². The quantitative estimate of drug-likeness (QED) is 0.599. The summed E-state index contributed by atoms with van der Waals surface area (Å²) in [6.45, 7) is 4.82. The number of carbonyl (C=O) groups excluding carboxylic acids is 1. The van der Waals surface area contributed by atoms with Gasteiger partial charge in [-0.25, -0.2) is 0 Å². The number of ether oxygens (including phenoxy) is 1. The van der Waals surface area contributed by atoms with Gasteiger partial charge in [-0.1, -0.05) is 23.9 Å². The van der Waals surface area contributed by atoms with Crippen molar-refractivity contribution in [3.8, 4) is 17.1 Å². The number of carbonyl (C=O) groups is 1. The van der Waals surface area contributed by atoms with Crippen molar-refractivity contribution in [1.29, 1.82) is 0 Å². The van der Waals surface area contributed by atoms with Crippen LogP contribution in [-0.4, -0.2) is 39.6 Å². The molecule has 8 heteroatoms. The van der Waals surface area contributed by atoms with Crippen LogP contribution in [0.25, 0.3) is 11.4 Å². The first kappa shape index (κ1) is 19.0. The Hall–Kier alpha value is -2.74. The van der Waals surface area contributed by atoms with Gasteiger partial charge < -0.3 is 14.5 Å². The van der Waals surface area contributed by atoms with Gasteiger partial charge in [0.25, 0.3) is 0 Å². The Kier molecular flexibility index (Phi) is 6.18. The largest absolute Gasteiger partial charge is 0.497 e. The summed E-state index contributed by atoms with van der Waals surface area (Å²) in [6.07, 6.45) is 1.63. The molecule has 7 nitrogen and oxygen atoms in total. The van der Waals surface area contributed by atoms with Gasteiger partial charge in [0.05, 0.1) is 25.2 Å². The highest BCUT2D eigenvalue weighted by Gasteiger charge is 2.21. The molecule has 0 saturated carbocycles. The Bertz CT molecular complexity index is 892. The fourth-order valence-corrected chi connectivity index (χ4v) is 3.45. The number of aromatic nitrogens is 3. The summed E-state index contributed by atoms with van der Waals surface area (Å²) in [5.74, 6) is 2.19. The minimum absolute atomic E-state index is 0.0296. The monoisotopic (exact) mass is 386 g/mol. The van der Waals surface area contributed by atoms with Gasteiger partial charge in [0.2, 0.25) is 5.91 Å². The van der Waals surface area contributed by atoms with Crippen LogP contribution in [0.4, 0.5) is 0 Å². The lowest BCUT2D eigenvalue weighted by molar-refractivity contribution is -0.120. The lowest BCUT2D eigenvalue weighted by atomic mass is 10.2. The Balaban J connectivity index is 1.95. The second-order valence-electron chi connectivity index (χ2n) is 5.86. The number of rotatable bonds is 8. The van der Waals surface area contributed by atoms with Gasteiger partial charge in [-0.3, -0.25) is 9.36 Å². The Morgan fingerprint density at radius 2 is 2.19 bits per heavy atom. The third-order valence-electron chi connectivity index (χ3n) is 3.94. The zero-order chi connectivity index (χ0) is 19.2. The molecule has 142 valence electrons. The first-order chi connectivity index (χ1) is 13.1. The van der Waals surface area contributed by atoms with E-state index in [-0.39, 0.29) is 11.2 Å². The van der Waals surface area contributed by atoms with Crippen molar-refractivity contribution in [2.75, 3.05) is 13.7 Å². The second kappa shape index (κ2) is 8.77. The van der Waals surface area contributed by atoms with Gasteiger partial charge in [0.15, 0.2) is 11.0 Å². The fraction of sp³-hybridized carbons (Fsp3) is 0.316. The Labute approximate surface area is 162 Å². The van der Waals surface area contributed by atoms with Gasteiger partial charge in [-0.2, -0.15) is 0 Å². The van der Waals surface area contributed by atoms with Crippen molar-refractivity contribution in [2.45, 2.75) is 30.8 Å². The topological polar surface area (TPSA) is 82.2 Å². The van der Waals surface area contributed by atoms with Gasteiger partial charge in [-0.15, -0.1) is 10.2 Å². The standard InChI is InChI=1S/C19H22N4O3S/c1-4-20-18(24)13(2)27-19-22-21-17(14-7-5-8-15(11-14)25-3)23(19)12-16-9-6-10-26-16/h5-11,13H,4,12H2,1-3H3,(H,20,24). The zero-order valence-electron chi connectivity index (χ0n) is 15.5. The van der Waals surface area contributed by atoms with Crippen molar-refractivity contribution in [2.24, 2.45) is 0 Å². The maximum atomic E-state index is 12.1. The molecule has 3 aromatic rings. The zero-order valence-corrected chi connectivity index (χ0v) is 16.3. The van der Waals surface area contributed by atoms with Gasteiger partial charge in [-0.05, 0) is 38.1 Å². The molecule has 0 spiro atoms. The highest BCUT2D eigenvalue weighted by atomic mass is 32.2. The second-order valence-corrected chi connectivity index (χ2v) is 7.17. The Morgan fingerprint density at radius 3 is 2.89 bits per heavy atom. The summed E-state index contributed by atoms with van der Waals surface area (Å²) >= 11 is 1.37. The number of amides is 1. The van der Waals surface area contributed by atoms with E-state index in [1.807, 2.05) is 54.8 Å². The summed E-state index contributed by atoms with van der Waals surface area (Å²) < 4.78 is 12.8. The average molecular weight is 386 g/mol. The predicted molar refractivity (Wildman–Crippen MR) is 104 cm³/mol. The lowest BCUT2D eigenvalue weighted by Gasteiger charge is -2.13. The van der Waals surface area contributed by atoms with Crippen LogP contribution in [-0.2, 0) is 11.3 Å².